The Bertz CT molecular complexity index is 790. The molecule has 138 valence electrons. The van der Waals surface area contributed by atoms with Crippen LogP contribution in [0.25, 0.3) is 0 Å². The molecule has 1 aliphatic rings. The average Bonchev–Trinajstić information content (AvgIpc) is 3.07. The number of fused-ring (bicyclic) bond motifs is 1. The number of rotatable bonds is 7. The summed E-state index contributed by atoms with van der Waals surface area (Å²) >= 11 is 7.97. The maximum Gasteiger partial charge on any atom is 0.231 e. The quantitative estimate of drug-likeness (QED) is 0.647. The molecule has 0 aliphatic carbocycles. The van der Waals surface area contributed by atoms with E-state index in [4.69, 9.17) is 21.1 Å². The first-order chi connectivity index (χ1) is 12.5. The molecule has 4 nitrogen and oxygen atoms in total. The van der Waals surface area contributed by atoms with Crippen LogP contribution < -0.4 is 14.8 Å². The largest absolute Gasteiger partial charge is 0.454 e. The van der Waals surface area contributed by atoms with Crippen LogP contribution in [-0.4, -0.2) is 18.5 Å². The van der Waals surface area contributed by atoms with Crippen LogP contribution in [0.1, 0.15) is 29.5 Å². The van der Waals surface area contributed by atoms with Crippen molar-refractivity contribution >= 4 is 35.0 Å². The number of hydrogen-bond donors (Lipinski definition) is 1. The first-order valence-corrected chi connectivity index (χ1v) is 10.1. The first-order valence-electron chi connectivity index (χ1n) is 8.56. The van der Waals surface area contributed by atoms with Crippen LogP contribution in [0.4, 0.5) is 5.69 Å². The molecule has 1 aliphatic heterocycles. The minimum atomic E-state index is 0.0640. The molecule has 0 fully saturated rings. The number of para-hydroxylation sites is 1. The van der Waals surface area contributed by atoms with E-state index in [0.29, 0.717) is 22.9 Å². The van der Waals surface area contributed by atoms with E-state index >= 15 is 0 Å². The summed E-state index contributed by atoms with van der Waals surface area (Å²) in [6, 6.07) is 9.90. The molecule has 0 aromatic heterocycles. The molecule has 1 N–H and O–H groups in total. The average molecular weight is 392 g/mol. The Morgan fingerprint density at radius 2 is 2.00 bits per heavy atom. The Morgan fingerprint density at radius 3 is 2.77 bits per heavy atom. The number of carbonyl (C=O) groups is 1. The highest BCUT2D eigenvalue weighted by Crippen LogP contribution is 2.40. The van der Waals surface area contributed by atoms with Crippen molar-refractivity contribution in [2.75, 3.05) is 17.9 Å². The van der Waals surface area contributed by atoms with Gasteiger partial charge in [0.25, 0.3) is 0 Å². The van der Waals surface area contributed by atoms with Gasteiger partial charge in [-0.25, -0.2) is 0 Å². The predicted molar refractivity (Wildman–Crippen MR) is 108 cm³/mol. The zero-order chi connectivity index (χ0) is 18.5. The molecule has 26 heavy (non-hydrogen) atoms. The van der Waals surface area contributed by atoms with Gasteiger partial charge in [0.15, 0.2) is 11.5 Å². The zero-order valence-corrected chi connectivity index (χ0v) is 16.5. The summed E-state index contributed by atoms with van der Waals surface area (Å²) in [5, 5.41) is 3.61. The highest BCUT2D eigenvalue weighted by molar-refractivity contribution is 7.98. The number of amides is 1. The Kier molecular flexibility index (Phi) is 6.33. The number of carbonyl (C=O) groups excluding carboxylic acids is 1. The third kappa shape index (κ3) is 4.65. The lowest BCUT2D eigenvalue weighted by molar-refractivity contribution is -0.116. The highest BCUT2D eigenvalue weighted by atomic mass is 35.5. The molecular formula is C20H22ClNO3S. The van der Waals surface area contributed by atoms with E-state index in [-0.39, 0.29) is 12.7 Å². The third-order valence-electron chi connectivity index (χ3n) is 4.19. The monoisotopic (exact) mass is 391 g/mol. The Balaban J connectivity index is 1.41. The van der Waals surface area contributed by atoms with Crippen molar-refractivity contribution in [1.82, 2.24) is 0 Å². The van der Waals surface area contributed by atoms with Gasteiger partial charge in [0.05, 0.1) is 5.02 Å². The number of benzene rings is 2. The van der Waals surface area contributed by atoms with E-state index in [9.17, 15) is 4.79 Å². The fourth-order valence-electron chi connectivity index (χ4n) is 2.84. The van der Waals surface area contributed by atoms with Gasteiger partial charge in [-0.15, -0.1) is 0 Å². The molecule has 0 unspecified atom stereocenters. The van der Waals surface area contributed by atoms with Gasteiger partial charge in [-0.2, -0.15) is 11.8 Å². The third-order valence-corrected chi connectivity index (χ3v) is 5.59. The van der Waals surface area contributed by atoms with Crippen LogP contribution in [0.5, 0.6) is 11.5 Å². The molecule has 3 rings (SSSR count). The van der Waals surface area contributed by atoms with E-state index in [2.05, 4.69) is 5.32 Å². The van der Waals surface area contributed by atoms with Crippen LogP contribution in [0, 0.1) is 13.8 Å². The second-order valence-corrected chi connectivity index (χ2v) is 7.79. The molecule has 2 aromatic rings. The topological polar surface area (TPSA) is 47.6 Å². The first kappa shape index (κ1) is 18.9. The fraction of sp³-hybridized carbons (Fsp3) is 0.350. The second-order valence-electron chi connectivity index (χ2n) is 6.28. The summed E-state index contributed by atoms with van der Waals surface area (Å²) < 4.78 is 10.7. The Labute approximate surface area is 163 Å². The van der Waals surface area contributed by atoms with Gasteiger partial charge in [-0.1, -0.05) is 29.8 Å². The molecule has 0 atom stereocenters. The van der Waals surface area contributed by atoms with E-state index in [1.165, 1.54) is 0 Å². The van der Waals surface area contributed by atoms with Crippen LogP contribution in [0.3, 0.4) is 0 Å². The van der Waals surface area contributed by atoms with Gasteiger partial charge >= 0.3 is 0 Å². The van der Waals surface area contributed by atoms with Gasteiger partial charge < -0.3 is 14.8 Å². The lowest BCUT2D eigenvalue weighted by atomic mass is 10.1. The molecule has 1 amide bonds. The maximum atomic E-state index is 12.2. The molecule has 0 radical (unpaired) electrons. The summed E-state index contributed by atoms with van der Waals surface area (Å²) in [4.78, 5) is 12.2. The molecule has 0 saturated carbocycles. The smallest absolute Gasteiger partial charge is 0.231 e. The van der Waals surface area contributed by atoms with Crippen molar-refractivity contribution < 1.29 is 14.3 Å². The Morgan fingerprint density at radius 1 is 1.23 bits per heavy atom. The van der Waals surface area contributed by atoms with Gasteiger partial charge in [0.1, 0.15) is 0 Å². The van der Waals surface area contributed by atoms with Gasteiger partial charge in [-0.05, 0) is 54.8 Å². The number of halogens is 1. The molecule has 1 heterocycles. The number of hydrogen-bond acceptors (Lipinski definition) is 4. The van der Waals surface area contributed by atoms with Crippen molar-refractivity contribution in [1.29, 1.82) is 0 Å². The molecule has 2 aromatic carbocycles. The summed E-state index contributed by atoms with van der Waals surface area (Å²) in [7, 11) is 0. The van der Waals surface area contributed by atoms with Crippen LogP contribution in [0.15, 0.2) is 30.3 Å². The summed E-state index contributed by atoms with van der Waals surface area (Å²) in [6.07, 6.45) is 1.35. The minimum absolute atomic E-state index is 0.0640. The molecule has 0 saturated heterocycles. The summed E-state index contributed by atoms with van der Waals surface area (Å²) in [5.41, 5.74) is 4.21. The minimum Gasteiger partial charge on any atom is -0.454 e. The van der Waals surface area contributed by atoms with Crippen LogP contribution in [0.2, 0.25) is 5.02 Å². The van der Waals surface area contributed by atoms with Crippen molar-refractivity contribution in [2.45, 2.75) is 32.4 Å². The van der Waals surface area contributed by atoms with Crippen molar-refractivity contribution in [3.63, 3.8) is 0 Å². The maximum absolute atomic E-state index is 12.2. The number of anilines is 1. The number of ether oxygens (including phenoxy) is 2. The number of thioether (sulfide) groups is 1. The number of nitrogens with one attached hydrogen (secondary N) is 1. The predicted octanol–water partition coefficient (Wildman–Crippen LogP) is 5.34. The number of aryl methyl sites for hydroxylation is 2. The van der Waals surface area contributed by atoms with E-state index < -0.39 is 0 Å². The van der Waals surface area contributed by atoms with Crippen LogP contribution >= 0.6 is 23.4 Å². The zero-order valence-electron chi connectivity index (χ0n) is 14.9. The standard InChI is InChI=1S/C20H22ClNO3S/c1-13-5-3-6-14(2)19(13)22-18(23)7-4-8-26-11-15-9-16(21)20-17(10-15)24-12-25-20/h3,5-6,9-10H,4,7-8,11-12H2,1-2H3,(H,22,23). The van der Waals surface area contributed by atoms with Gasteiger partial charge in [0.2, 0.25) is 12.7 Å². The lowest BCUT2D eigenvalue weighted by Crippen LogP contribution is -2.13. The summed E-state index contributed by atoms with van der Waals surface area (Å²) in [6.45, 7) is 4.24. The van der Waals surface area contributed by atoms with Gasteiger partial charge in [-0.3, -0.25) is 4.79 Å². The normalized spacial score (nSPS) is 12.3. The Hall–Kier alpha value is -1.85. The molecule has 6 heteroatoms. The fourth-order valence-corrected chi connectivity index (χ4v) is 4.03. The molecule has 0 spiro atoms. The highest BCUT2D eigenvalue weighted by Gasteiger charge is 2.18. The van der Waals surface area contributed by atoms with E-state index in [1.807, 2.05) is 44.2 Å². The summed E-state index contributed by atoms with van der Waals surface area (Å²) in [5.74, 6) is 3.14. The SMILES string of the molecule is Cc1cccc(C)c1NC(=O)CCCSCc1cc(Cl)c2c(c1)OCO2. The second kappa shape index (κ2) is 8.69. The van der Waals surface area contributed by atoms with Crippen molar-refractivity contribution in [3.8, 4) is 11.5 Å². The van der Waals surface area contributed by atoms with Gasteiger partial charge in [0, 0.05) is 17.9 Å². The molecular weight excluding hydrogens is 370 g/mol. The van der Waals surface area contributed by atoms with Crippen LogP contribution in [-0.2, 0) is 10.5 Å². The van der Waals surface area contributed by atoms with E-state index in [1.54, 1.807) is 11.8 Å². The van der Waals surface area contributed by atoms with E-state index in [0.717, 1.165) is 40.3 Å². The van der Waals surface area contributed by atoms with Crippen molar-refractivity contribution in [3.05, 3.63) is 52.0 Å². The molecule has 0 bridgehead atoms. The van der Waals surface area contributed by atoms with Crippen molar-refractivity contribution in [2.24, 2.45) is 0 Å². The lowest BCUT2D eigenvalue weighted by Gasteiger charge is -2.11.